The van der Waals surface area contributed by atoms with Crippen LogP contribution in [-0.2, 0) is 0 Å². The average Bonchev–Trinajstić information content (AvgIpc) is 2.04. The van der Waals surface area contributed by atoms with Gasteiger partial charge in [-0.05, 0) is 29.5 Å². The molecule has 78 valence electrons. The van der Waals surface area contributed by atoms with Crippen LogP contribution in [0.25, 0.3) is 0 Å². The standard InChI is InChI=1S/C11H24SSi/c1-7-10(8-2)9-11(12-3)13(4,5)6/h9-10H,7-8H2,1-6H3. The first kappa shape index (κ1) is 13.3. The van der Waals surface area contributed by atoms with Crippen molar-refractivity contribution in [2.75, 3.05) is 6.26 Å². The summed E-state index contributed by atoms with van der Waals surface area (Å²) in [7, 11) is -1.06. The lowest BCUT2D eigenvalue weighted by Gasteiger charge is -2.21. The lowest BCUT2D eigenvalue weighted by molar-refractivity contribution is 0.606. The van der Waals surface area contributed by atoms with Gasteiger partial charge in [-0.15, -0.1) is 11.8 Å². The predicted octanol–water partition coefficient (Wildman–Crippen LogP) is 4.55. The molecule has 0 unspecified atom stereocenters. The van der Waals surface area contributed by atoms with Gasteiger partial charge in [0.2, 0.25) is 0 Å². The van der Waals surface area contributed by atoms with E-state index in [1.807, 2.05) is 11.8 Å². The molecule has 0 heterocycles. The van der Waals surface area contributed by atoms with Gasteiger partial charge in [-0.25, -0.2) is 0 Å². The van der Waals surface area contributed by atoms with E-state index >= 15 is 0 Å². The zero-order valence-electron chi connectivity index (χ0n) is 9.98. The van der Waals surface area contributed by atoms with E-state index < -0.39 is 8.07 Å². The third-order valence-corrected chi connectivity index (χ3v) is 7.07. The normalized spacial score (nSPS) is 13.9. The molecule has 0 saturated carbocycles. The first-order chi connectivity index (χ1) is 5.95. The van der Waals surface area contributed by atoms with Crippen molar-refractivity contribution in [3.63, 3.8) is 0 Å². The first-order valence-electron chi connectivity index (χ1n) is 5.22. The molecular formula is C11H24SSi. The second-order valence-electron chi connectivity index (χ2n) is 4.56. The maximum atomic E-state index is 2.52. The van der Waals surface area contributed by atoms with Crippen molar-refractivity contribution >= 4 is 19.8 Å². The number of rotatable bonds is 5. The first-order valence-corrected chi connectivity index (χ1v) is 9.94. The number of hydrogen-bond acceptors (Lipinski definition) is 1. The second-order valence-corrected chi connectivity index (χ2v) is 10.8. The van der Waals surface area contributed by atoms with Crippen LogP contribution in [0.4, 0.5) is 0 Å². The summed E-state index contributed by atoms with van der Waals surface area (Å²) in [5.41, 5.74) is 0. The molecule has 0 fully saturated rings. The molecule has 0 aliphatic heterocycles. The van der Waals surface area contributed by atoms with E-state index in [1.54, 1.807) is 4.53 Å². The molecule has 0 rings (SSSR count). The van der Waals surface area contributed by atoms with Gasteiger partial charge < -0.3 is 0 Å². The molecule has 0 aliphatic rings. The van der Waals surface area contributed by atoms with E-state index in [0.29, 0.717) is 0 Å². The topological polar surface area (TPSA) is 0 Å². The molecule has 2 heteroatoms. The van der Waals surface area contributed by atoms with Crippen LogP contribution in [0, 0.1) is 5.92 Å². The van der Waals surface area contributed by atoms with Crippen LogP contribution < -0.4 is 0 Å². The molecule has 0 spiro atoms. The Balaban J connectivity index is 4.54. The Hall–Kier alpha value is 0.307. The van der Waals surface area contributed by atoms with Gasteiger partial charge in [0.25, 0.3) is 0 Å². The van der Waals surface area contributed by atoms with Crippen LogP contribution in [0.3, 0.4) is 0 Å². The smallest absolute Gasteiger partial charge is 0.0853 e. The van der Waals surface area contributed by atoms with Crippen molar-refractivity contribution in [2.45, 2.75) is 46.3 Å². The van der Waals surface area contributed by atoms with Gasteiger partial charge in [0.05, 0.1) is 8.07 Å². The van der Waals surface area contributed by atoms with Crippen molar-refractivity contribution in [3.05, 3.63) is 10.6 Å². The molecule has 0 aromatic carbocycles. The lowest BCUT2D eigenvalue weighted by Crippen LogP contribution is -2.22. The fraction of sp³-hybridized carbons (Fsp3) is 0.818. The summed E-state index contributed by atoms with van der Waals surface area (Å²) in [5.74, 6) is 0.800. The second kappa shape index (κ2) is 5.92. The van der Waals surface area contributed by atoms with Crippen LogP contribution in [0.2, 0.25) is 19.6 Å². The van der Waals surface area contributed by atoms with E-state index in [-0.39, 0.29) is 0 Å². The summed E-state index contributed by atoms with van der Waals surface area (Å²) in [5, 5.41) is 0. The van der Waals surface area contributed by atoms with E-state index in [9.17, 15) is 0 Å². The van der Waals surface area contributed by atoms with Gasteiger partial charge in [-0.1, -0.05) is 39.6 Å². The maximum Gasteiger partial charge on any atom is 0.0853 e. The molecule has 0 N–H and O–H groups in total. The lowest BCUT2D eigenvalue weighted by atomic mass is 10.0. The molecule has 0 bridgehead atoms. The molecule has 0 aromatic rings. The fourth-order valence-electron chi connectivity index (χ4n) is 1.36. The van der Waals surface area contributed by atoms with Crippen LogP contribution in [-0.4, -0.2) is 14.3 Å². The highest BCUT2D eigenvalue weighted by atomic mass is 32.2. The quantitative estimate of drug-likeness (QED) is 0.608. The van der Waals surface area contributed by atoms with Gasteiger partial charge in [0, 0.05) is 0 Å². The largest absolute Gasteiger partial charge is 0.139 e. The summed E-state index contributed by atoms with van der Waals surface area (Å²) in [4.78, 5) is 0. The number of hydrogen-bond donors (Lipinski definition) is 0. The Morgan fingerprint density at radius 2 is 1.69 bits per heavy atom. The molecule has 0 nitrogen and oxygen atoms in total. The third kappa shape index (κ3) is 4.92. The van der Waals surface area contributed by atoms with Gasteiger partial charge >= 0.3 is 0 Å². The minimum absolute atomic E-state index is 0.800. The van der Waals surface area contributed by atoms with Crippen molar-refractivity contribution in [2.24, 2.45) is 5.92 Å². The van der Waals surface area contributed by atoms with Crippen LogP contribution in [0.5, 0.6) is 0 Å². The Bertz CT molecular complexity index is 163. The number of allylic oxidation sites excluding steroid dienone is 1. The van der Waals surface area contributed by atoms with E-state index in [2.05, 4.69) is 45.8 Å². The van der Waals surface area contributed by atoms with Crippen molar-refractivity contribution < 1.29 is 0 Å². The summed E-state index contributed by atoms with van der Waals surface area (Å²) in [6, 6.07) is 0. The van der Waals surface area contributed by atoms with E-state index in [1.165, 1.54) is 12.8 Å². The maximum absolute atomic E-state index is 2.52. The van der Waals surface area contributed by atoms with Gasteiger partial charge in [0.1, 0.15) is 0 Å². The van der Waals surface area contributed by atoms with Gasteiger partial charge in [-0.3, -0.25) is 0 Å². The molecule has 0 atom stereocenters. The van der Waals surface area contributed by atoms with E-state index in [0.717, 1.165) is 5.92 Å². The molecule has 13 heavy (non-hydrogen) atoms. The van der Waals surface area contributed by atoms with Gasteiger partial charge in [0.15, 0.2) is 0 Å². The molecule has 0 saturated heterocycles. The Morgan fingerprint density at radius 1 is 1.23 bits per heavy atom. The summed E-state index contributed by atoms with van der Waals surface area (Å²) in [6.45, 7) is 11.9. The zero-order valence-corrected chi connectivity index (χ0v) is 11.8. The highest BCUT2D eigenvalue weighted by Crippen LogP contribution is 2.27. The highest BCUT2D eigenvalue weighted by molar-refractivity contribution is 8.04. The van der Waals surface area contributed by atoms with Crippen molar-refractivity contribution in [1.82, 2.24) is 0 Å². The Morgan fingerprint density at radius 3 is 1.92 bits per heavy atom. The molecule has 0 radical (unpaired) electrons. The molecule has 0 amide bonds. The van der Waals surface area contributed by atoms with Crippen molar-refractivity contribution in [3.8, 4) is 0 Å². The Kier molecular flexibility index (Phi) is 6.06. The summed E-state index contributed by atoms with van der Waals surface area (Å²) < 4.78 is 1.67. The average molecular weight is 216 g/mol. The van der Waals surface area contributed by atoms with Crippen LogP contribution in [0.1, 0.15) is 26.7 Å². The zero-order chi connectivity index (χ0) is 10.5. The monoisotopic (exact) mass is 216 g/mol. The summed E-state index contributed by atoms with van der Waals surface area (Å²) >= 11 is 1.96. The van der Waals surface area contributed by atoms with Crippen LogP contribution >= 0.6 is 11.8 Å². The minimum atomic E-state index is -1.06. The highest BCUT2D eigenvalue weighted by Gasteiger charge is 2.19. The Labute approximate surface area is 89.2 Å². The predicted molar refractivity (Wildman–Crippen MR) is 69.0 cm³/mol. The number of thioether (sulfide) groups is 1. The van der Waals surface area contributed by atoms with Crippen LogP contribution in [0.15, 0.2) is 10.6 Å². The SMILES string of the molecule is CCC(C=C(SC)[Si](C)(C)C)CC. The van der Waals surface area contributed by atoms with Crippen molar-refractivity contribution in [1.29, 1.82) is 0 Å². The van der Waals surface area contributed by atoms with Gasteiger partial charge in [-0.2, -0.15) is 0 Å². The van der Waals surface area contributed by atoms with E-state index in [4.69, 9.17) is 0 Å². The molecule has 0 aromatic heterocycles. The fourth-order valence-corrected chi connectivity index (χ4v) is 4.88. The molecular weight excluding hydrogens is 192 g/mol. The summed E-state index contributed by atoms with van der Waals surface area (Å²) in [6.07, 6.45) is 7.30. The third-order valence-electron chi connectivity index (χ3n) is 2.39. The minimum Gasteiger partial charge on any atom is -0.139 e. The molecule has 0 aliphatic carbocycles.